The zero-order chi connectivity index (χ0) is 15.2. The van der Waals surface area contributed by atoms with Gasteiger partial charge in [-0.05, 0) is 25.1 Å². The molecule has 4 heteroatoms. The first kappa shape index (κ1) is 15.6. The molecule has 114 valence electrons. The number of pyridine rings is 1. The molecule has 0 saturated heterocycles. The summed E-state index contributed by atoms with van der Waals surface area (Å²) in [5.74, 6) is 0.864. The van der Waals surface area contributed by atoms with E-state index in [0.717, 1.165) is 53.9 Å². The molecule has 21 heavy (non-hydrogen) atoms. The van der Waals surface area contributed by atoms with Crippen LogP contribution in [-0.2, 0) is 6.42 Å². The molecule has 0 aliphatic carbocycles. The molecule has 0 spiro atoms. The summed E-state index contributed by atoms with van der Waals surface area (Å²) in [4.78, 5) is 6.87. The summed E-state index contributed by atoms with van der Waals surface area (Å²) in [5.41, 5.74) is 8.79. The van der Waals surface area contributed by atoms with Gasteiger partial charge in [-0.1, -0.05) is 25.5 Å². The van der Waals surface area contributed by atoms with Crippen molar-refractivity contribution in [2.24, 2.45) is 5.73 Å². The monoisotopic (exact) mass is 287 g/mol. The van der Waals surface area contributed by atoms with E-state index in [2.05, 4.69) is 24.0 Å². The molecule has 0 aliphatic rings. The third kappa shape index (κ3) is 3.64. The summed E-state index contributed by atoms with van der Waals surface area (Å²) < 4.78 is 5.92. The minimum absolute atomic E-state index is 0.601. The van der Waals surface area contributed by atoms with Crippen LogP contribution < -0.4 is 15.4 Å². The van der Waals surface area contributed by atoms with E-state index in [0.29, 0.717) is 6.54 Å². The van der Waals surface area contributed by atoms with E-state index < -0.39 is 0 Å². The average molecular weight is 287 g/mol. The second kappa shape index (κ2) is 7.27. The first-order chi connectivity index (χ1) is 10.2. The highest BCUT2D eigenvalue weighted by atomic mass is 16.5. The molecular formula is C17H25N3O. The van der Waals surface area contributed by atoms with Crippen molar-refractivity contribution in [3.05, 3.63) is 30.0 Å². The number of para-hydroxylation sites is 1. The van der Waals surface area contributed by atoms with Gasteiger partial charge in [-0.15, -0.1) is 0 Å². The van der Waals surface area contributed by atoms with E-state index in [9.17, 15) is 0 Å². The number of hydrogen-bond acceptors (Lipinski definition) is 4. The Morgan fingerprint density at radius 2 is 2.10 bits per heavy atom. The number of aromatic nitrogens is 1. The lowest BCUT2D eigenvalue weighted by atomic mass is 10.1. The van der Waals surface area contributed by atoms with Crippen LogP contribution in [0.3, 0.4) is 0 Å². The van der Waals surface area contributed by atoms with Crippen molar-refractivity contribution in [2.45, 2.75) is 26.2 Å². The maximum Gasteiger partial charge on any atom is 0.145 e. The normalized spacial score (nSPS) is 10.9. The SMILES string of the molecule is CCCCOc1cccc2c(N(C)C)cc(CCN)nc12. The summed E-state index contributed by atoms with van der Waals surface area (Å²) >= 11 is 0. The van der Waals surface area contributed by atoms with Crippen LogP contribution in [0.25, 0.3) is 10.9 Å². The Labute approximate surface area is 126 Å². The van der Waals surface area contributed by atoms with Crippen molar-refractivity contribution < 1.29 is 4.74 Å². The maximum atomic E-state index is 5.92. The quantitative estimate of drug-likeness (QED) is 0.795. The Kier molecular flexibility index (Phi) is 5.39. The second-order valence-electron chi connectivity index (χ2n) is 5.42. The first-order valence-electron chi connectivity index (χ1n) is 7.60. The van der Waals surface area contributed by atoms with Crippen molar-refractivity contribution in [1.29, 1.82) is 0 Å². The highest BCUT2D eigenvalue weighted by molar-refractivity contribution is 5.95. The molecule has 1 aromatic carbocycles. The fourth-order valence-electron chi connectivity index (χ4n) is 2.34. The molecule has 2 rings (SSSR count). The highest BCUT2D eigenvalue weighted by Gasteiger charge is 2.11. The van der Waals surface area contributed by atoms with Crippen LogP contribution in [0.5, 0.6) is 5.75 Å². The molecule has 0 aliphatic heterocycles. The highest BCUT2D eigenvalue weighted by Crippen LogP contribution is 2.31. The Bertz CT molecular complexity index is 596. The average Bonchev–Trinajstić information content (AvgIpc) is 2.47. The van der Waals surface area contributed by atoms with Gasteiger partial charge in [0.25, 0.3) is 0 Å². The number of nitrogens with zero attached hydrogens (tertiary/aromatic N) is 2. The predicted molar refractivity (Wildman–Crippen MR) is 89.2 cm³/mol. The van der Waals surface area contributed by atoms with Gasteiger partial charge in [0, 0.05) is 37.3 Å². The van der Waals surface area contributed by atoms with Crippen LogP contribution in [-0.4, -0.2) is 32.2 Å². The lowest BCUT2D eigenvalue weighted by Crippen LogP contribution is -2.12. The van der Waals surface area contributed by atoms with Gasteiger partial charge in [0.1, 0.15) is 11.3 Å². The summed E-state index contributed by atoms with van der Waals surface area (Å²) in [7, 11) is 4.09. The van der Waals surface area contributed by atoms with Crippen LogP contribution >= 0.6 is 0 Å². The van der Waals surface area contributed by atoms with Gasteiger partial charge >= 0.3 is 0 Å². The van der Waals surface area contributed by atoms with E-state index in [-0.39, 0.29) is 0 Å². The van der Waals surface area contributed by atoms with Crippen molar-refractivity contribution in [3.8, 4) is 5.75 Å². The Hall–Kier alpha value is -1.81. The first-order valence-corrected chi connectivity index (χ1v) is 7.60. The molecule has 2 N–H and O–H groups in total. The number of unbranched alkanes of at least 4 members (excludes halogenated alkanes) is 1. The summed E-state index contributed by atoms with van der Waals surface area (Å²) in [6.07, 6.45) is 2.96. The van der Waals surface area contributed by atoms with Gasteiger partial charge in [-0.3, -0.25) is 0 Å². The number of hydrogen-bond donors (Lipinski definition) is 1. The van der Waals surface area contributed by atoms with Crippen molar-refractivity contribution >= 4 is 16.6 Å². The number of nitrogens with two attached hydrogens (primary N) is 1. The smallest absolute Gasteiger partial charge is 0.145 e. The molecular weight excluding hydrogens is 262 g/mol. The Balaban J connectivity index is 2.50. The molecule has 0 radical (unpaired) electrons. The summed E-state index contributed by atoms with van der Waals surface area (Å²) in [5, 5.41) is 1.12. The zero-order valence-corrected chi connectivity index (χ0v) is 13.2. The van der Waals surface area contributed by atoms with Crippen LogP contribution in [0.4, 0.5) is 5.69 Å². The van der Waals surface area contributed by atoms with Crippen LogP contribution in [0, 0.1) is 0 Å². The second-order valence-corrected chi connectivity index (χ2v) is 5.42. The number of anilines is 1. The molecule has 0 amide bonds. The number of rotatable bonds is 7. The van der Waals surface area contributed by atoms with E-state index >= 15 is 0 Å². The van der Waals surface area contributed by atoms with Crippen molar-refractivity contribution in [3.63, 3.8) is 0 Å². The van der Waals surface area contributed by atoms with Crippen LogP contribution in [0.2, 0.25) is 0 Å². The zero-order valence-electron chi connectivity index (χ0n) is 13.2. The maximum absolute atomic E-state index is 5.92. The van der Waals surface area contributed by atoms with Gasteiger partial charge < -0.3 is 15.4 Å². The molecule has 4 nitrogen and oxygen atoms in total. The Morgan fingerprint density at radius 3 is 2.76 bits per heavy atom. The molecule has 0 atom stereocenters. The number of benzene rings is 1. The van der Waals surface area contributed by atoms with Crippen molar-refractivity contribution in [1.82, 2.24) is 4.98 Å². The summed E-state index contributed by atoms with van der Waals surface area (Å²) in [6.45, 7) is 3.49. The van der Waals surface area contributed by atoms with E-state index in [1.807, 2.05) is 26.2 Å². The molecule has 1 heterocycles. The van der Waals surface area contributed by atoms with E-state index in [1.165, 1.54) is 0 Å². The van der Waals surface area contributed by atoms with E-state index in [1.54, 1.807) is 0 Å². The molecule has 0 bridgehead atoms. The van der Waals surface area contributed by atoms with Crippen LogP contribution in [0.1, 0.15) is 25.5 Å². The van der Waals surface area contributed by atoms with Gasteiger partial charge in [-0.2, -0.15) is 0 Å². The van der Waals surface area contributed by atoms with Gasteiger partial charge in [-0.25, -0.2) is 4.98 Å². The Morgan fingerprint density at radius 1 is 1.29 bits per heavy atom. The standard InChI is InChI=1S/C17H25N3O/c1-4-5-11-21-16-8-6-7-14-15(20(2)3)12-13(9-10-18)19-17(14)16/h6-8,12H,4-5,9-11,18H2,1-3H3. The third-order valence-corrected chi connectivity index (χ3v) is 3.47. The van der Waals surface area contributed by atoms with Gasteiger partial charge in [0.15, 0.2) is 0 Å². The minimum Gasteiger partial charge on any atom is -0.491 e. The molecule has 0 fully saturated rings. The molecule has 0 unspecified atom stereocenters. The topological polar surface area (TPSA) is 51.4 Å². The fourth-order valence-corrected chi connectivity index (χ4v) is 2.34. The number of fused-ring (bicyclic) bond motifs is 1. The summed E-state index contributed by atoms with van der Waals surface area (Å²) in [6, 6.07) is 8.24. The lowest BCUT2D eigenvalue weighted by Gasteiger charge is -2.18. The number of ether oxygens (including phenoxy) is 1. The largest absolute Gasteiger partial charge is 0.491 e. The third-order valence-electron chi connectivity index (χ3n) is 3.47. The van der Waals surface area contributed by atoms with Crippen LogP contribution in [0.15, 0.2) is 24.3 Å². The fraction of sp³-hybridized carbons (Fsp3) is 0.471. The molecule has 0 saturated carbocycles. The van der Waals surface area contributed by atoms with Gasteiger partial charge in [0.05, 0.1) is 6.61 Å². The lowest BCUT2D eigenvalue weighted by molar-refractivity contribution is 0.312. The van der Waals surface area contributed by atoms with E-state index in [4.69, 9.17) is 15.5 Å². The van der Waals surface area contributed by atoms with Gasteiger partial charge in [0.2, 0.25) is 0 Å². The van der Waals surface area contributed by atoms with Crippen molar-refractivity contribution in [2.75, 3.05) is 32.1 Å². The molecule has 2 aromatic rings. The minimum atomic E-state index is 0.601. The predicted octanol–water partition coefficient (Wildman–Crippen LogP) is 2.98. The molecule has 1 aromatic heterocycles.